The Bertz CT molecular complexity index is 1480. The van der Waals surface area contributed by atoms with Crippen LogP contribution in [0.25, 0.3) is 17.0 Å². The molecule has 0 aliphatic heterocycles. The van der Waals surface area contributed by atoms with Crippen molar-refractivity contribution in [2.45, 2.75) is 6.54 Å². The molecule has 2 aromatic heterocycles. The molecule has 0 saturated heterocycles. The number of aromatic nitrogens is 1. The number of rotatable bonds is 6. The summed E-state index contributed by atoms with van der Waals surface area (Å²) in [6, 6.07) is 17.4. The lowest BCUT2D eigenvalue weighted by Gasteiger charge is -2.06. The van der Waals surface area contributed by atoms with Gasteiger partial charge in [-0.3, -0.25) is 4.79 Å². The van der Waals surface area contributed by atoms with Gasteiger partial charge in [-0.25, -0.2) is 4.79 Å². The molecule has 1 amide bonds. The lowest BCUT2D eigenvalue weighted by atomic mass is 10.1. The van der Waals surface area contributed by atoms with Crippen molar-refractivity contribution in [2.75, 3.05) is 12.4 Å². The first kappa shape index (κ1) is 23.2. The quantitative estimate of drug-likeness (QED) is 0.204. The van der Waals surface area contributed by atoms with Crippen molar-refractivity contribution in [1.29, 1.82) is 5.26 Å². The van der Waals surface area contributed by atoms with Gasteiger partial charge in [-0.05, 0) is 42.5 Å². The fourth-order valence-electron chi connectivity index (χ4n) is 3.45. The Balaban J connectivity index is 1.65. The van der Waals surface area contributed by atoms with Crippen molar-refractivity contribution < 1.29 is 18.7 Å². The zero-order valence-corrected chi connectivity index (χ0v) is 19.4. The maximum absolute atomic E-state index is 12.8. The molecule has 34 heavy (non-hydrogen) atoms. The minimum Gasteiger partial charge on any atom is -0.463 e. The molecule has 1 N–H and O–H groups in total. The molecule has 0 spiro atoms. The third kappa shape index (κ3) is 4.84. The molecule has 0 atom stereocenters. The largest absolute Gasteiger partial charge is 0.463 e. The number of methoxy groups -OCH3 is 1. The Morgan fingerprint density at radius 3 is 2.71 bits per heavy atom. The maximum Gasteiger partial charge on any atom is 0.373 e. The summed E-state index contributed by atoms with van der Waals surface area (Å²) in [5.41, 5.74) is 1.78. The number of fused-ring (bicyclic) bond motifs is 1. The molecular weight excluding hydrogens is 477 g/mol. The van der Waals surface area contributed by atoms with Crippen molar-refractivity contribution >= 4 is 57.7 Å². The van der Waals surface area contributed by atoms with Gasteiger partial charge in [-0.2, -0.15) is 5.26 Å². The number of ether oxygens (including phenoxy) is 1. The van der Waals surface area contributed by atoms with Gasteiger partial charge in [0.05, 0.1) is 24.4 Å². The van der Waals surface area contributed by atoms with Crippen LogP contribution in [0.4, 0.5) is 5.69 Å². The van der Waals surface area contributed by atoms with Gasteiger partial charge >= 0.3 is 5.97 Å². The van der Waals surface area contributed by atoms with Crippen molar-refractivity contribution in [1.82, 2.24) is 4.57 Å². The molecule has 170 valence electrons. The predicted octanol–water partition coefficient (Wildman–Crippen LogP) is 5.92. The molecule has 0 aliphatic carbocycles. The van der Waals surface area contributed by atoms with Crippen molar-refractivity contribution in [2.24, 2.45) is 0 Å². The molecule has 0 saturated carbocycles. The van der Waals surface area contributed by atoms with E-state index in [2.05, 4.69) is 10.1 Å². The summed E-state index contributed by atoms with van der Waals surface area (Å²) in [5.74, 6) is -0.499. The summed E-state index contributed by atoms with van der Waals surface area (Å²) in [6.45, 7) is 0.333. The van der Waals surface area contributed by atoms with Gasteiger partial charge in [-0.1, -0.05) is 41.4 Å². The number of nitriles is 1. The average Bonchev–Trinajstić information content (AvgIpc) is 3.44. The number of nitrogens with one attached hydrogen (secondary N) is 1. The summed E-state index contributed by atoms with van der Waals surface area (Å²) in [7, 11) is 1.28. The molecule has 0 radical (unpaired) electrons. The predicted molar refractivity (Wildman–Crippen MR) is 130 cm³/mol. The molecule has 0 bridgehead atoms. The number of benzene rings is 2. The second kappa shape index (κ2) is 9.87. The highest BCUT2D eigenvalue weighted by Crippen LogP contribution is 2.27. The van der Waals surface area contributed by atoms with Crippen molar-refractivity contribution in [3.05, 3.63) is 93.5 Å². The molecule has 0 unspecified atom stereocenters. The number of anilines is 1. The highest BCUT2D eigenvalue weighted by Gasteiger charge is 2.16. The van der Waals surface area contributed by atoms with Gasteiger partial charge in [-0.15, -0.1) is 0 Å². The highest BCUT2D eigenvalue weighted by molar-refractivity contribution is 6.37. The Morgan fingerprint density at radius 1 is 1.18 bits per heavy atom. The van der Waals surface area contributed by atoms with Crippen LogP contribution in [-0.4, -0.2) is 23.6 Å². The van der Waals surface area contributed by atoms with Gasteiger partial charge in [0, 0.05) is 27.7 Å². The fourth-order valence-corrected chi connectivity index (χ4v) is 3.90. The Labute approximate surface area is 204 Å². The minimum atomic E-state index is -0.600. The Morgan fingerprint density at radius 2 is 1.97 bits per heavy atom. The number of esters is 1. The van der Waals surface area contributed by atoms with Crippen LogP contribution in [0.2, 0.25) is 10.0 Å². The first-order valence-corrected chi connectivity index (χ1v) is 10.8. The monoisotopic (exact) mass is 493 g/mol. The van der Waals surface area contributed by atoms with Crippen molar-refractivity contribution in [3.63, 3.8) is 0 Å². The van der Waals surface area contributed by atoms with Gasteiger partial charge in [0.15, 0.2) is 0 Å². The zero-order valence-electron chi connectivity index (χ0n) is 17.8. The third-order valence-electron chi connectivity index (χ3n) is 5.04. The number of carbonyl (C=O) groups excluding carboxylic acids is 2. The lowest BCUT2D eigenvalue weighted by Crippen LogP contribution is -2.13. The van der Waals surface area contributed by atoms with Crippen molar-refractivity contribution in [3.8, 4) is 6.07 Å². The molecular formula is C25H17Cl2N3O4. The van der Waals surface area contributed by atoms with Gasteiger partial charge in [0.2, 0.25) is 5.76 Å². The summed E-state index contributed by atoms with van der Waals surface area (Å²) >= 11 is 12.0. The van der Waals surface area contributed by atoms with Crippen LogP contribution in [0.1, 0.15) is 21.9 Å². The number of hydrogen-bond acceptors (Lipinski definition) is 5. The molecule has 2 heterocycles. The molecule has 0 fully saturated rings. The van der Waals surface area contributed by atoms with E-state index < -0.39 is 11.9 Å². The van der Waals surface area contributed by atoms with Crippen LogP contribution in [-0.2, 0) is 16.1 Å². The number of amides is 1. The SMILES string of the molecule is COC(=O)c1ccc(Cn2cc(/C=C(/C#N)C(=O)Nc3ccc(Cl)cc3Cl)c3ccccc32)o1. The molecule has 4 rings (SSSR count). The maximum atomic E-state index is 12.8. The van der Waals surface area contributed by atoms with Crippen LogP contribution in [0.3, 0.4) is 0 Å². The number of carbonyl (C=O) groups is 2. The zero-order chi connectivity index (χ0) is 24.2. The van der Waals surface area contributed by atoms with E-state index in [9.17, 15) is 14.9 Å². The summed E-state index contributed by atoms with van der Waals surface area (Å²) in [4.78, 5) is 24.4. The van der Waals surface area contributed by atoms with E-state index in [0.717, 1.165) is 10.9 Å². The van der Waals surface area contributed by atoms with Crippen LogP contribution in [0.5, 0.6) is 0 Å². The van der Waals surface area contributed by atoms with Gasteiger partial charge < -0.3 is 19.0 Å². The Hall–Kier alpha value is -3.99. The van der Waals surface area contributed by atoms with E-state index in [4.69, 9.17) is 27.6 Å². The number of hydrogen-bond donors (Lipinski definition) is 1. The summed E-state index contributed by atoms with van der Waals surface area (Å²) in [6.07, 6.45) is 3.32. The van der Waals surface area contributed by atoms with E-state index in [1.165, 1.54) is 19.3 Å². The molecule has 9 heteroatoms. The minimum absolute atomic E-state index is 0.0973. The van der Waals surface area contributed by atoms with E-state index in [1.54, 1.807) is 24.3 Å². The number of halogens is 2. The second-order valence-corrected chi connectivity index (χ2v) is 8.08. The standard InChI is InChI=1S/C25H17Cl2N3O4/c1-33-25(32)23-9-7-18(34-23)14-30-13-16(19-4-2-3-5-22(19)30)10-15(12-28)24(31)29-21-8-6-17(26)11-20(21)27/h2-11,13H,14H2,1H3,(H,29,31)/b15-10-. The molecule has 2 aromatic carbocycles. The first-order valence-electron chi connectivity index (χ1n) is 10.0. The van der Waals surface area contributed by atoms with E-state index in [0.29, 0.717) is 28.6 Å². The number of nitrogens with zero attached hydrogens (tertiary/aromatic N) is 2. The van der Waals surface area contributed by atoms with E-state index in [-0.39, 0.29) is 16.4 Å². The lowest BCUT2D eigenvalue weighted by molar-refractivity contribution is -0.112. The molecule has 0 aliphatic rings. The van der Waals surface area contributed by atoms with Gasteiger partial charge in [0.1, 0.15) is 17.4 Å². The average molecular weight is 494 g/mol. The normalized spacial score (nSPS) is 11.3. The number of para-hydroxylation sites is 1. The fraction of sp³-hybridized carbons (Fsp3) is 0.0800. The summed E-state index contributed by atoms with van der Waals surface area (Å²) < 4.78 is 12.2. The van der Waals surface area contributed by atoms with E-state index in [1.807, 2.05) is 41.1 Å². The molecule has 7 nitrogen and oxygen atoms in total. The van der Waals surface area contributed by atoms with E-state index >= 15 is 0 Å². The second-order valence-electron chi connectivity index (χ2n) is 7.24. The van der Waals surface area contributed by atoms with Crippen LogP contribution in [0.15, 0.2) is 70.8 Å². The van der Waals surface area contributed by atoms with Crippen LogP contribution >= 0.6 is 23.2 Å². The first-order chi connectivity index (χ1) is 16.4. The third-order valence-corrected chi connectivity index (χ3v) is 5.59. The topological polar surface area (TPSA) is 97.3 Å². The summed E-state index contributed by atoms with van der Waals surface area (Å²) in [5, 5.41) is 13.8. The van der Waals surface area contributed by atoms with Crippen LogP contribution in [0, 0.1) is 11.3 Å². The highest BCUT2D eigenvalue weighted by atomic mass is 35.5. The number of furan rings is 1. The van der Waals surface area contributed by atoms with Gasteiger partial charge in [0.25, 0.3) is 5.91 Å². The van der Waals surface area contributed by atoms with Crippen LogP contribution < -0.4 is 5.32 Å². The Kier molecular flexibility index (Phi) is 6.73. The smallest absolute Gasteiger partial charge is 0.373 e. The molecule has 4 aromatic rings.